The Balaban J connectivity index is 2.90. The number of carbonyl (C=O) groups is 1. The van der Waals surface area contributed by atoms with E-state index in [1.165, 1.54) is 4.31 Å². The quantitative estimate of drug-likeness (QED) is 0.622. The Labute approximate surface area is 115 Å². The van der Waals surface area contributed by atoms with Crippen molar-refractivity contribution in [2.24, 2.45) is 0 Å². The van der Waals surface area contributed by atoms with Gasteiger partial charge in [-0.3, -0.25) is 4.79 Å². The van der Waals surface area contributed by atoms with Crippen LogP contribution in [0.2, 0.25) is 0 Å². The minimum atomic E-state index is -3.67. The average molecular weight is 292 g/mol. The smallest absolute Gasteiger partial charge is 0.280 e. The molecule has 3 N–H and O–H groups in total. The molecule has 0 aromatic heterocycles. The molecule has 0 spiro atoms. The van der Waals surface area contributed by atoms with E-state index in [9.17, 15) is 13.2 Å². The lowest BCUT2D eigenvalue weighted by atomic mass is 10.1. The fourth-order valence-corrected chi connectivity index (χ4v) is 3.66. The highest BCUT2D eigenvalue weighted by Crippen LogP contribution is 2.12. The minimum Gasteiger partial charge on any atom is -0.355 e. The second kappa shape index (κ2) is 6.17. The predicted octanol–water partition coefficient (Wildman–Crippen LogP) is -0.971. The van der Waals surface area contributed by atoms with Crippen LogP contribution in [0.4, 0.5) is 0 Å². The second-order valence-electron chi connectivity index (χ2n) is 5.58. The maximum Gasteiger partial charge on any atom is 0.280 e. The largest absolute Gasteiger partial charge is 0.355 e. The molecule has 0 saturated carbocycles. The minimum absolute atomic E-state index is 0.269. The van der Waals surface area contributed by atoms with E-state index in [0.29, 0.717) is 19.6 Å². The van der Waals surface area contributed by atoms with Gasteiger partial charge in [0.2, 0.25) is 5.91 Å². The predicted molar refractivity (Wildman–Crippen MR) is 73.9 cm³/mol. The fraction of sp³-hybridized carbons (Fsp3) is 0.909. The van der Waals surface area contributed by atoms with Gasteiger partial charge in [0.05, 0.1) is 0 Å². The third kappa shape index (κ3) is 4.72. The molecule has 0 bridgehead atoms. The molecule has 19 heavy (non-hydrogen) atoms. The van der Waals surface area contributed by atoms with Crippen LogP contribution >= 0.6 is 0 Å². The van der Waals surface area contributed by atoms with Crippen LogP contribution in [-0.4, -0.2) is 56.4 Å². The molecule has 1 atom stereocenters. The van der Waals surface area contributed by atoms with Gasteiger partial charge in [-0.2, -0.15) is 17.4 Å². The zero-order valence-electron chi connectivity index (χ0n) is 12.0. The van der Waals surface area contributed by atoms with Crippen LogP contribution in [-0.2, 0) is 15.0 Å². The van der Waals surface area contributed by atoms with Gasteiger partial charge in [0.1, 0.15) is 6.04 Å². The van der Waals surface area contributed by atoms with E-state index < -0.39 is 21.8 Å². The molecule has 1 saturated heterocycles. The maximum absolute atomic E-state index is 12.3. The van der Waals surface area contributed by atoms with Gasteiger partial charge in [0, 0.05) is 31.7 Å². The first-order chi connectivity index (χ1) is 8.67. The van der Waals surface area contributed by atoms with Gasteiger partial charge in [0.25, 0.3) is 10.2 Å². The van der Waals surface area contributed by atoms with Crippen molar-refractivity contribution in [3.05, 3.63) is 0 Å². The van der Waals surface area contributed by atoms with Crippen molar-refractivity contribution < 1.29 is 13.2 Å². The third-order valence-corrected chi connectivity index (χ3v) is 4.52. The van der Waals surface area contributed by atoms with Gasteiger partial charge < -0.3 is 10.6 Å². The number of likely N-dealkylation sites (N-methyl/N-ethyl adjacent to an activating group) is 1. The first-order valence-corrected chi connectivity index (χ1v) is 7.90. The number of hydrogen-bond donors (Lipinski definition) is 3. The highest BCUT2D eigenvalue weighted by atomic mass is 32.2. The van der Waals surface area contributed by atoms with Gasteiger partial charge in [0.15, 0.2) is 0 Å². The van der Waals surface area contributed by atoms with Crippen molar-refractivity contribution in [1.82, 2.24) is 19.7 Å². The van der Waals surface area contributed by atoms with Crippen LogP contribution in [0.5, 0.6) is 0 Å². The summed E-state index contributed by atoms with van der Waals surface area (Å²) >= 11 is 0. The van der Waals surface area contributed by atoms with Crippen LogP contribution in [0.15, 0.2) is 0 Å². The highest BCUT2D eigenvalue weighted by molar-refractivity contribution is 7.87. The Bertz CT molecular complexity index is 416. The van der Waals surface area contributed by atoms with E-state index in [1.807, 2.05) is 0 Å². The molecule has 0 aromatic rings. The number of carbonyl (C=O) groups excluding carboxylic acids is 1. The highest BCUT2D eigenvalue weighted by Gasteiger charge is 2.38. The summed E-state index contributed by atoms with van der Waals surface area (Å²) in [5, 5.41) is 5.71. The molecule has 1 unspecified atom stereocenters. The molecule has 8 heteroatoms. The van der Waals surface area contributed by atoms with Gasteiger partial charge in [-0.15, -0.1) is 0 Å². The Morgan fingerprint density at radius 3 is 2.58 bits per heavy atom. The summed E-state index contributed by atoms with van der Waals surface area (Å²) in [4.78, 5) is 11.9. The molecule has 1 aliphatic rings. The molecule has 1 fully saturated rings. The molecular formula is C11H24N4O3S. The summed E-state index contributed by atoms with van der Waals surface area (Å²) in [6.45, 7) is 8.76. The molecule has 1 aliphatic heterocycles. The van der Waals surface area contributed by atoms with E-state index in [0.717, 1.165) is 0 Å². The summed E-state index contributed by atoms with van der Waals surface area (Å²) in [5.41, 5.74) is -0.574. The Kier molecular flexibility index (Phi) is 5.31. The first-order valence-electron chi connectivity index (χ1n) is 6.46. The van der Waals surface area contributed by atoms with Gasteiger partial charge in [-0.25, -0.2) is 0 Å². The summed E-state index contributed by atoms with van der Waals surface area (Å²) < 4.78 is 28.5. The molecule has 0 aliphatic carbocycles. The number of rotatable bonds is 4. The number of nitrogens with one attached hydrogen (secondary N) is 3. The molecule has 1 amide bonds. The van der Waals surface area contributed by atoms with Crippen LogP contribution in [0, 0.1) is 0 Å². The van der Waals surface area contributed by atoms with E-state index in [2.05, 4.69) is 15.4 Å². The fourth-order valence-electron chi connectivity index (χ4n) is 1.93. The maximum atomic E-state index is 12.3. The number of hydrogen-bond acceptors (Lipinski definition) is 4. The van der Waals surface area contributed by atoms with E-state index >= 15 is 0 Å². The van der Waals surface area contributed by atoms with Crippen LogP contribution in [0.25, 0.3) is 0 Å². The van der Waals surface area contributed by atoms with Crippen molar-refractivity contribution in [2.75, 3.05) is 26.2 Å². The van der Waals surface area contributed by atoms with Crippen LogP contribution < -0.4 is 15.4 Å². The zero-order valence-corrected chi connectivity index (χ0v) is 12.8. The number of nitrogens with zero attached hydrogens (tertiary/aromatic N) is 1. The van der Waals surface area contributed by atoms with Crippen LogP contribution in [0.3, 0.4) is 0 Å². The van der Waals surface area contributed by atoms with E-state index in [-0.39, 0.29) is 12.5 Å². The Hall–Kier alpha value is -0.700. The standard InChI is InChI=1S/C11H24N4O3S/c1-5-13-10(16)9-8-12-6-7-15(9)19(17,18)14-11(2,3)4/h9,12,14H,5-8H2,1-4H3,(H,13,16). The lowest BCUT2D eigenvalue weighted by molar-refractivity contribution is -0.125. The van der Waals surface area contributed by atoms with E-state index in [1.54, 1.807) is 27.7 Å². The Morgan fingerprint density at radius 1 is 1.42 bits per heavy atom. The summed E-state index contributed by atoms with van der Waals surface area (Å²) in [5.74, 6) is -0.269. The monoisotopic (exact) mass is 292 g/mol. The average Bonchev–Trinajstić information content (AvgIpc) is 2.26. The number of piperazine rings is 1. The summed E-state index contributed by atoms with van der Waals surface area (Å²) in [7, 11) is -3.67. The van der Waals surface area contributed by atoms with Gasteiger partial charge in [-0.05, 0) is 27.7 Å². The van der Waals surface area contributed by atoms with Crippen molar-refractivity contribution >= 4 is 16.1 Å². The molecule has 1 rings (SSSR count). The zero-order chi connectivity index (χ0) is 14.7. The molecule has 112 valence electrons. The van der Waals surface area contributed by atoms with Gasteiger partial charge >= 0.3 is 0 Å². The summed E-state index contributed by atoms with van der Waals surface area (Å²) in [6, 6.07) is -0.700. The molecule has 0 radical (unpaired) electrons. The van der Waals surface area contributed by atoms with Crippen molar-refractivity contribution in [3.8, 4) is 0 Å². The van der Waals surface area contributed by atoms with Crippen molar-refractivity contribution in [2.45, 2.75) is 39.3 Å². The Morgan fingerprint density at radius 2 is 2.05 bits per heavy atom. The first kappa shape index (κ1) is 16.4. The third-order valence-electron chi connectivity index (χ3n) is 2.59. The van der Waals surface area contributed by atoms with Crippen LogP contribution in [0.1, 0.15) is 27.7 Å². The normalized spacial score (nSPS) is 22.2. The number of amides is 1. The second-order valence-corrected chi connectivity index (χ2v) is 7.21. The summed E-state index contributed by atoms with van der Waals surface area (Å²) in [6.07, 6.45) is 0. The molecule has 0 aromatic carbocycles. The topological polar surface area (TPSA) is 90.5 Å². The lowest BCUT2D eigenvalue weighted by Crippen LogP contribution is -2.63. The van der Waals surface area contributed by atoms with Crippen molar-refractivity contribution in [1.29, 1.82) is 0 Å². The van der Waals surface area contributed by atoms with Gasteiger partial charge in [-0.1, -0.05) is 0 Å². The SMILES string of the molecule is CCNC(=O)C1CNCCN1S(=O)(=O)NC(C)(C)C. The molecule has 7 nitrogen and oxygen atoms in total. The van der Waals surface area contributed by atoms with Crippen molar-refractivity contribution in [3.63, 3.8) is 0 Å². The molecule has 1 heterocycles. The lowest BCUT2D eigenvalue weighted by Gasteiger charge is -2.36. The molecular weight excluding hydrogens is 268 g/mol. The van der Waals surface area contributed by atoms with E-state index in [4.69, 9.17) is 0 Å².